The molecule has 0 atom stereocenters. The Morgan fingerprint density at radius 1 is 0.800 bits per heavy atom. The van der Waals surface area contributed by atoms with Crippen LogP contribution < -0.4 is 0 Å². The Bertz CT molecular complexity index is 384. The molecule has 1 rings (SSSR count). The smallest absolute Gasteiger partial charge is 0.164 e. The lowest BCUT2D eigenvalue weighted by Gasteiger charge is -2.23. The molecular weight excluding hydrogens is 314 g/mol. The maximum Gasteiger partial charge on any atom is 0.164 e. The quantitative estimate of drug-likeness (QED) is 0.371. The fraction of sp³-hybridized carbons (Fsp3) is 0.714. The summed E-state index contributed by atoms with van der Waals surface area (Å²) in [5.41, 5.74) is 1.23. The molecule has 0 bridgehead atoms. The predicted molar refractivity (Wildman–Crippen MR) is 105 cm³/mol. The second-order valence-corrected chi connectivity index (χ2v) is 6.88. The molecule has 0 spiro atoms. The Kier molecular flexibility index (Phi) is 15.9. The fourth-order valence-electron chi connectivity index (χ4n) is 3.13. The molecule has 0 amide bonds. The number of rotatable bonds is 15. The number of hydrogen-bond donors (Lipinski definition) is 2. The van der Waals surface area contributed by atoms with Crippen LogP contribution in [0.4, 0.5) is 0 Å². The zero-order valence-electron chi connectivity index (χ0n) is 16.0. The van der Waals surface area contributed by atoms with Crippen molar-refractivity contribution < 1.29 is 15.7 Å². The van der Waals surface area contributed by atoms with E-state index in [1.54, 1.807) is 0 Å². The molecular formula is C21H39NO3. The van der Waals surface area contributed by atoms with E-state index in [0.717, 1.165) is 19.5 Å². The van der Waals surface area contributed by atoms with Crippen LogP contribution in [0.1, 0.15) is 76.7 Å². The van der Waals surface area contributed by atoms with Gasteiger partial charge in [0.15, 0.2) is 6.29 Å². The molecule has 0 aliphatic rings. The first-order valence-electron chi connectivity index (χ1n) is 9.84. The second kappa shape index (κ2) is 16.5. The Hall–Kier alpha value is -0.940. The van der Waals surface area contributed by atoms with Gasteiger partial charge in [-0.05, 0) is 18.5 Å². The highest BCUT2D eigenvalue weighted by atomic mass is 16.5. The van der Waals surface area contributed by atoms with Gasteiger partial charge in [0.25, 0.3) is 0 Å². The van der Waals surface area contributed by atoms with Crippen molar-refractivity contribution in [2.24, 2.45) is 0 Å². The van der Waals surface area contributed by atoms with E-state index in [4.69, 9.17) is 0 Å². The first-order chi connectivity index (χ1) is 11.7. The summed E-state index contributed by atoms with van der Waals surface area (Å²) >= 11 is 0. The van der Waals surface area contributed by atoms with Crippen molar-refractivity contribution in [1.82, 2.24) is 4.90 Å². The van der Waals surface area contributed by atoms with E-state index in [9.17, 15) is 10.2 Å². The summed E-state index contributed by atoms with van der Waals surface area (Å²) in [7, 11) is 0. The summed E-state index contributed by atoms with van der Waals surface area (Å²) in [6, 6.07) is 10.3. The summed E-state index contributed by atoms with van der Waals surface area (Å²) < 4.78 is 0. The monoisotopic (exact) mass is 353 g/mol. The van der Waals surface area contributed by atoms with Crippen LogP contribution in [0.15, 0.2) is 30.3 Å². The van der Waals surface area contributed by atoms with Crippen LogP contribution in [-0.2, 0) is 6.54 Å². The first-order valence-corrected chi connectivity index (χ1v) is 9.84. The lowest BCUT2D eigenvalue weighted by Crippen LogP contribution is -2.32. The molecule has 0 unspecified atom stereocenters. The number of aliphatic hydroxyl groups excluding tert-OH is 1. The minimum absolute atomic E-state index is 0. The third kappa shape index (κ3) is 14.0. The number of aliphatic hydroxyl groups is 2. The van der Waals surface area contributed by atoms with Crippen LogP contribution in [0, 0.1) is 0 Å². The largest absolute Gasteiger partial charge is 0.412 e. The highest BCUT2D eigenvalue weighted by molar-refractivity contribution is 5.14. The van der Waals surface area contributed by atoms with Gasteiger partial charge < -0.3 is 15.7 Å². The third-order valence-corrected chi connectivity index (χ3v) is 4.50. The van der Waals surface area contributed by atoms with Gasteiger partial charge in [-0.2, -0.15) is 0 Å². The first kappa shape index (κ1) is 24.1. The van der Waals surface area contributed by atoms with E-state index in [0.29, 0.717) is 6.54 Å². The van der Waals surface area contributed by atoms with Crippen LogP contribution in [-0.4, -0.2) is 40.0 Å². The molecule has 4 heteroatoms. The van der Waals surface area contributed by atoms with E-state index < -0.39 is 6.29 Å². The maximum absolute atomic E-state index is 9.28. The van der Waals surface area contributed by atoms with Gasteiger partial charge in [0, 0.05) is 13.1 Å². The Labute approximate surface area is 154 Å². The van der Waals surface area contributed by atoms with E-state index >= 15 is 0 Å². The Morgan fingerprint density at radius 2 is 1.32 bits per heavy atom. The lowest BCUT2D eigenvalue weighted by atomic mass is 10.1. The van der Waals surface area contributed by atoms with E-state index in [1.165, 1.54) is 63.4 Å². The van der Waals surface area contributed by atoms with E-state index in [1.807, 2.05) is 18.2 Å². The van der Waals surface area contributed by atoms with Gasteiger partial charge in [-0.15, -0.1) is 0 Å². The topological polar surface area (TPSA) is 75.2 Å². The van der Waals surface area contributed by atoms with Gasteiger partial charge in [0.2, 0.25) is 0 Å². The number of nitrogens with zero attached hydrogens (tertiary/aromatic N) is 1. The van der Waals surface area contributed by atoms with Crippen LogP contribution in [0.25, 0.3) is 0 Å². The highest BCUT2D eigenvalue weighted by Gasteiger charge is 2.09. The average Bonchev–Trinajstić information content (AvgIpc) is 2.57. The van der Waals surface area contributed by atoms with Crippen LogP contribution >= 0.6 is 0 Å². The molecule has 0 radical (unpaired) electrons. The molecule has 0 aliphatic carbocycles. The van der Waals surface area contributed by atoms with E-state index in [-0.39, 0.29) is 5.48 Å². The molecule has 0 fully saturated rings. The molecule has 0 aliphatic heterocycles. The standard InChI is InChI=1S/C21H37NO2.H2O/c1-2-3-4-5-6-7-8-9-10-14-17-22(19-21(23)24)18-20-15-12-11-13-16-20;/h11-13,15-16,21,23-24H,2-10,14,17-19H2,1H3;1H2. The van der Waals surface area contributed by atoms with Crippen molar-refractivity contribution >= 4 is 0 Å². The number of unbranched alkanes of at least 4 members (excludes halogenated alkanes) is 9. The zero-order valence-corrected chi connectivity index (χ0v) is 16.0. The third-order valence-electron chi connectivity index (χ3n) is 4.50. The molecule has 25 heavy (non-hydrogen) atoms. The maximum atomic E-state index is 9.28. The van der Waals surface area contributed by atoms with Crippen molar-refractivity contribution in [3.8, 4) is 0 Å². The van der Waals surface area contributed by atoms with Gasteiger partial charge in [-0.25, -0.2) is 0 Å². The zero-order chi connectivity index (χ0) is 17.5. The summed E-state index contributed by atoms with van der Waals surface area (Å²) in [5.74, 6) is 0. The summed E-state index contributed by atoms with van der Waals surface area (Å²) in [4.78, 5) is 2.14. The van der Waals surface area contributed by atoms with Crippen molar-refractivity contribution in [3.63, 3.8) is 0 Å². The Balaban J connectivity index is 0.00000576. The number of benzene rings is 1. The van der Waals surface area contributed by atoms with Gasteiger partial charge in [-0.3, -0.25) is 4.90 Å². The Morgan fingerprint density at radius 3 is 1.84 bits per heavy atom. The SMILES string of the molecule is CCCCCCCCCCCCN(Cc1ccccc1)CC(O)O.O. The second-order valence-electron chi connectivity index (χ2n) is 6.88. The molecule has 1 aromatic carbocycles. The number of hydrogen-bond acceptors (Lipinski definition) is 3. The molecule has 1 aromatic rings. The fourth-order valence-corrected chi connectivity index (χ4v) is 3.13. The van der Waals surface area contributed by atoms with Gasteiger partial charge in [0.1, 0.15) is 0 Å². The predicted octanol–water partition coefficient (Wildman–Crippen LogP) is 3.90. The molecule has 0 heterocycles. The molecule has 4 N–H and O–H groups in total. The minimum Gasteiger partial charge on any atom is -0.412 e. The summed E-state index contributed by atoms with van der Waals surface area (Å²) in [5, 5.41) is 18.6. The highest BCUT2D eigenvalue weighted by Crippen LogP contribution is 2.12. The normalized spacial score (nSPS) is 11.1. The van der Waals surface area contributed by atoms with Crippen molar-refractivity contribution in [2.75, 3.05) is 13.1 Å². The molecule has 0 saturated heterocycles. The summed E-state index contributed by atoms with van der Waals surface area (Å²) in [6.07, 6.45) is 12.0. The summed E-state index contributed by atoms with van der Waals surface area (Å²) in [6.45, 7) is 4.31. The van der Waals surface area contributed by atoms with Crippen LogP contribution in [0.3, 0.4) is 0 Å². The van der Waals surface area contributed by atoms with Crippen molar-refractivity contribution in [3.05, 3.63) is 35.9 Å². The molecule has 0 aromatic heterocycles. The van der Waals surface area contributed by atoms with Gasteiger partial charge in [-0.1, -0.05) is 95.0 Å². The van der Waals surface area contributed by atoms with Crippen LogP contribution in [0.2, 0.25) is 0 Å². The molecule has 146 valence electrons. The van der Waals surface area contributed by atoms with Crippen molar-refractivity contribution in [1.29, 1.82) is 0 Å². The lowest BCUT2D eigenvalue weighted by molar-refractivity contribution is -0.0628. The van der Waals surface area contributed by atoms with Crippen molar-refractivity contribution in [2.45, 2.75) is 84.0 Å². The van der Waals surface area contributed by atoms with E-state index in [2.05, 4.69) is 24.0 Å². The average molecular weight is 354 g/mol. The van der Waals surface area contributed by atoms with Gasteiger partial charge >= 0.3 is 0 Å². The van der Waals surface area contributed by atoms with Crippen LogP contribution in [0.5, 0.6) is 0 Å². The molecule has 4 nitrogen and oxygen atoms in total. The molecule has 0 saturated carbocycles. The minimum atomic E-state index is -1.25. The van der Waals surface area contributed by atoms with Gasteiger partial charge in [0.05, 0.1) is 0 Å².